The van der Waals surface area contributed by atoms with Gasteiger partial charge in [-0.1, -0.05) is 41.1 Å². The maximum atomic E-state index is 13.3. The largest absolute Gasteiger partial charge is 0.481 e. The molecule has 0 spiro atoms. The van der Waals surface area contributed by atoms with Crippen LogP contribution in [0.25, 0.3) is 10.9 Å². The molecule has 2 aromatic carbocycles. The molecule has 0 aliphatic heterocycles. The second-order valence-electron chi connectivity index (χ2n) is 7.58. The van der Waals surface area contributed by atoms with Crippen LogP contribution in [0, 0.1) is 31.6 Å². The summed E-state index contributed by atoms with van der Waals surface area (Å²) >= 11 is 0.642. The first-order valence-corrected chi connectivity index (χ1v) is 12.4. The Morgan fingerprint density at radius 1 is 1.12 bits per heavy atom. The maximum absolute atomic E-state index is 13.3. The molecule has 7 heteroatoms. The zero-order chi connectivity index (χ0) is 28.8. The van der Waals surface area contributed by atoms with Crippen molar-refractivity contribution >= 4 is 38.0 Å². The summed E-state index contributed by atoms with van der Waals surface area (Å²) in [5, 5.41) is 9.99. The number of aromatic nitrogens is 1. The molecule has 2 N–H and O–H groups in total. The smallest absolute Gasteiger partial charge is 0.307 e. The summed E-state index contributed by atoms with van der Waals surface area (Å²) in [7, 11) is -4.35. The number of benzene rings is 2. The molecule has 0 fully saturated rings. The molecular formula is C26H23NO4S2. The van der Waals surface area contributed by atoms with Crippen LogP contribution in [0.15, 0.2) is 64.9 Å². The highest BCUT2D eigenvalue weighted by Gasteiger charge is 2.28. The van der Waals surface area contributed by atoms with Gasteiger partial charge in [0.1, 0.15) is 4.21 Å². The number of aryl methyl sites for hydroxylation is 1. The number of carboxylic acids is 1. The Morgan fingerprint density at radius 3 is 2.61 bits per heavy atom. The first kappa shape index (κ1) is 16.3. The molecule has 0 amide bonds. The third kappa shape index (κ3) is 5.36. The van der Waals surface area contributed by atoms with E-state index >= 15 is 0 Å². The minimum atomic E-state index is -4.35. The standard InChI is InChI=1S/C26H23NO4S2/c1-17-3-6-19(7-4-17)8-9-22-10-12-25(32-22)33(30,31)16-21(26(28)29)14-20-15-27-24-11-5-18(2)13-23(20)24/h3-7,10-13,15,21,27H,14,16H2,1-2H3,(H,28,29)/t21-/m0/s1/i5D,10D,11D,12D,13D,15D. The van der Waals surface area contributed by atoms with Crippen LogP contribution < -0.4 is 0 Å². The Labute approximate surface area is 205 Å². The molecule has 0 radical (unpaired) electrons. The van der Waals surface area contributed by atoms with Gasteiger partial charge in [0.25, 0.3) is 0 Å². The van der Waals surface area contributed by atoms with Crippen LogP contribution in [0.4, 0.5) is 0 Å². The number of fused-ring (bicyclic) bond motifs is 1. The highest BCUT2D eigenvalue weighted by Crippen LogP contribution is 2.27. The zero-order valence-corrected chi connectivity index (χ0v) is 19.4. The first-order chi connectivity index (χ1) is 18.2. The molecule has 0 bridgehead atoms. The fraction of sp³-hybridized carbons (Fsp3) is 0.192. The topological polar surface area (TPSA) is 87.2 Å². The quantitative estimate of drug-likeness (QED) is 0.379. The molecule has 0 unspecified atom stereocenters. The molecule has 2 heterocycles. The number of sulfone groups is 1. The van der Waals surface area contributed by atoms with Crippen molar-refractivity contribution < 1.29 is 26.5 Å². The SMILES string of the molecule is [2H]c1[nH]c2c([2H])c([2H])c(C)c([2H])c2c1C[C@@H](CS(=O)(=O)c1sc(C#Cc2ccc(C)cc2)c([2H])c1[2H])C(=O)O. The number of rotatable bonds is 6. The Balaban J connectivity index is 1.69. The molecule has 0 aliphatic carbocycles. The third-order valence-corrected chi connectivity index (χ3v) is 8.14. The van der Waals surface area contributed by atoms with Gasteiger partial charge < -0.3 is 10.1 Å². The zero-order valence-electron chi connectivity index (χ0n) is 23.8. The molecule has 0 aliphatic rings. The molecule has 33 heavy (non-hydrogen) atoms. The van der Waals surface area contributed by atoms with E-state index in [0.717, 1.165) is 5.56 Å². The van der Waals surface area contributed by atoms with E-state index in [2.05, 4.69) is 16.8 Å². The number of hydrogen-bond donors (Lipinski definition) is 2. The average molecular weight is 484 g/mol. The van der Waals surface area contributed by atoms with Gasteiger partial charge >= 0.3 is 5.97 Å². The number of carbonyl (C=O) groups is 1. The van der Waals surface area contributed by atoms with Crippen LogP contribution >= 0.6 is 11.3 Å². The first-order valence-electron chi connectivity index (χ1n) is 12.9. The van der Waals surface area contributed by atoms with Crippen molar-refractivity contribution in [1.82, 2.24) is 4.98 Å². The van der Waals surface area contributed by atoms with Crippen LogP contribution in [0.2, 0.25) is 0 Å². The summed E-state index contributed by atoms with van der Waals surface area (Å²) in [4.78, 5) is 14.8. The van der Waals surface area contributed by atoms with Gasteiger partial charge in [-0.25, -0.2) is 8.42 Å². The lowest BCUT2D eigenvalue weighted by Crippen LogP contribution is -2.25. The van der Waals surface area contributed by atoms with Gasteiger partial charge in [-0.3, -0.25) is 4.79 Å². The molecule has 168 valence electrons. The van der Waals surface area contributed by atoms with Gasteiger partial charge in [-0.05, 0) is 62.1 Å². The van der Waals surface area contributed by atoms with Crippen LogP contribution in [-0.2, 0) is 21.1 Å². The van der Waals surface area contributed by atoms with E-state index in [9.17, 15) is 18.3 Å². The summed E-state index contributed by atoms with van der Waals surface area (Å²) in [5.41, 5.74) is 1.99. The van der Waals surface area contributed by atoms with Gasteiger partial charge in [0.15, 0.2) is 9.84 Å². The van der Waals surface area contributed by atoms with E-state index in [1.54, 1.807) is 12.1 Å². The van der Waals surface area contributed by atoms with Crippen molar-refractivity contribution in [3.05, 3.63) is 87.8 Å². The van der Waals surface area contributed by atoms with Crippen molar-refractivity contribution in [2.45, 2.75) is 24.5 Å². The van der Waals surface area contributed by atoms with E-state index < -0.39 is 44.1 Å². The predicted molar refractivity (Wildman–Crippen MR) is 131 cm³/mol. The minimum absolute atomic E-state index is 0.0462. The van der Waals surface area contributed by atoms with Crippen LogP contribution in [0.5, 0.6) is 0 Å². The minimum Gasteiger partial charge on any atom is -0.481 e. The Morgan fingerprint density at radius 2 is 1.88 bits per heavy atom. The molecule has 0 saturated heterocycles. The molecule has 5 nitrogen and oxygen atoms in total. The highest BCUT2D eigenvalue weighted by molar-refractivity contribution is 7.93. The summed E-state index contributed by atoms with van der Waals surface area (Å²) in [5.74, 6) is 1.70. The molecule has 4 aromatic rings. The molecule has 4 rings (SSSR count). The monoisotopic (exact) mass is 483 g/mol. The molecule has 0 saturated carbocycles. The van der Waals surface area contributed by atoms with E-state index in [0.29, 0.717) is 16.9 Å². The Hall–Kier alpha value is -3.34. The second kappa shape index (κ2) is 9.26. The van der Waals surface area contributed by atoms with Gasteiger partial charge in [-0.15, -0.1) is 11.3 Å². The summed E-state index contributed by atoms with van der Waals surface area (Å²) in [6, 6.07) is 5.79. The Kier molecular flexibility index (Phi) is 4.57. The summed E-state index contributed by atoms with van der Waals surface area (Å²) in [6.45, 7) is 3.40. The summed E-state index contributed by atoms with van der Waals surface area (Å²) < 4.78 is 75.3. The number of thiophene rings is 1. The second-order valence-corrected chi connectivity index (χ2v) is 10.8. The van der Waals surface area contributed by atoms with Crippen LogP contribution in [-0.4, -0.2) is 30.2 Å². The third-order valence-electron chi connectivity index (χ3n) is 4.93. The lowest BCUT2D eigenvalue weighted by Gasteiger charge is -2.12. The van der Waals surface area contributed by atoms with Crippen molar-refractivity contribution in [2.75, 3.05) is 5.75 Å². The van der Waals surface area contributed by atoms with Crippen molar-refractivity contribution in [3.63, 3.8) is 0 Å². The van der Waals surface area contributed by atoms with Crippen LogP contribution in [0.3, 0.4) is 0 Å². The van der Waals surface area contributed by atoms with Crippen molar-refractivity contribution in [1.29, 1.82) is 0 Å². The van der Waals surface area contributed by atoms with Gasteiger partial charge in [0, 0.05) is 22.6 Å². The maximum Gasteiger partial charge on any atom is 0.307 e. The van der Waals surface area contributed by atoms with Crippen LogP contribution in [0.1, 0.15) is 35.4 Å². The van der Waals surface area contributed by atoms with E-state index in [1.807, 2.05) is 19.1 Å². The highest BCUT2D eigenvalue weighted by atomic mass is 32.2. The lowest BCUT2D eigenvalue weighted by molar-refractivity contribution is -0.140. The Bertz CT molecular complexity index is 1800. The molecule has 2 aromatic heterocycles. The van der Waals surface area contributed by atoms with Crippen molar-refractivity contribution in [3.8, 4) is 11.8 Å². The summed E-state index contributed by atoms with van der Waals surface area (Å²) in [6.07, 6.45) is -0.692. The van der Waals surface area contributed by atoms with Gasteiger partial charge in [-0.2, -0.15) is 0 Å². The predicted octanol–water partition coefficient (Wildman–Crippen LogP) is 4.96. The fourth-order valence-corrected chi connectivity index (χ4v) is 5.80. The number of hydrogen-bond acceptors (Lipinski definition) is 4. The number of nitrogens with one attached hydrogen (secondary N) is 1. The fourth-order valence-electron chi connectivity index (χ4n) is 3.19. The van der Waals surface area contributed by atoms with Gasteiger partial charge in [0.05, 0.1) is 24.8 Å². The lowest BCUT2D eigenvalue weighted by atomic mass is 10.00. The molecular weight excluding hydrogens is 454 g/mol. The normalized spacial score (nSPS) is 14.8. The van der Waals surface area contributed by atoms with E-state index in [1.165, 1.54) is 6.92 Å². The van der Waals surface area contributed by atoms with Crippen molar-refractivity contribution in [2.24, 2.45) is 5.92 Å². The molecule has 1 atom stereocenters. The number of aliphatic carboxylic acids is 1. The van der Waals surface area contributed by atoms with Gasteiger partial charge in [0.2, 0.25) is 0 Å². The number of carboxylic acid groups (broad SMARTS) is 1. The number of aromatic amines is 1. The van der Waals surface area contributed by atoms with E-state index in [-0.39, 0.29) is 57.2 Å². The van der Waals surface area contributed by atoms with E-state index in [4.69, 9.17) is 8.22 Å². The average Bonchev–Trinajstić information content (AvgIpc) is 3.36. The number of H-pyrrole nitrogens is 1.